The molecule has 0 radical (unpaired) electrons. The summed E-state index contributed by atoms with van der Waals surface area (Å²) in [6.07, 6.45) is 0. The maximum absolute atomic E-state index is 13.7. The number of carbonyl (C=O) groups excluding carboxylic acids is 1. The number of aromatic nitrogens is 1. The number of amides is 1. The van der Waals surface area contributed by atoms with Crippen LogP contribution in [0.4, 0.5) is 11.4 Å². The molecule has 1 heterocycles. The maximum atomic E-state index is 13.7. The van der Waals surface area contributed by atoms with Gasteiger partial charge in [-0.15, -0.1) is 0 Å². The summed E-state index contributed by atoms with van der Waals surface area (Å²) in [4.78, 5) is 25.3. The quantitative estimate of drug-likeness (QED) is 0.386. The van der Waals surface area contributed by atoms with E-state index < -0.39 is 22.5 Å². The van der Waals surface area contributed by atoms with Crippen molar-refractivity contribution in [3.8, 4) is 0 Å². The van der Waals surface area contributed by atoms with E-state index in [4.69, 9.17) is 0 Å². The van der Waals surface area contributed by atoms with Gasteiger partial charge in [0, 0.05) is 12.2 Å². The summed E-state index contributed by atoms with van der Waals surface area (Å²) in [7, 11) is -4.01. The van der Waals surface area contributed by atoms with Gasteiger partial charge in [-0.1, -0.05) is 41.2 Å². The SMILES string of the molecule is CCn1c(=O)sc2cc(NC(=O)CN(c3cc(C)ccc3C)S(=O)(=O)c3ccc(C)cc3)ccc21. The topological polar surface area (TPSA) is 88.5 Å². The second-order valence-corrected chi connectivity index (χ2v) is 11.3. The molecule has 0 saturated carbocycles. The molecule has 4 rings (SSSR count). The lowest BCUT2D eigenvalue weighted by Crippen LogP contribution is -2.38. The van der Waals surface area contributed by atoms with Crippen LogP contribution in [0.1, 0.15) is 23.6 Å². The number of nitrogens with zero attached hydrogens (tertiary/aromatic N) is 2. The highest BCUT2D eigenvalue weighted by atomic mass is 32.2. The minimum absolute atomic E-state index is 0.0590. The number of fused-ring (bicyclic) bond motifs is 1. The van der Waals surface area contributed by atoms with Crippen LogP contribution in [0, 0.1) is 20.8 Å². The molecule has 0 atom stereocenters. The Balaban J connectivity index is 1.68. The molecule has 0 aliphatic heterocycles. The first-order valence-electron chi connectivity index (χ1n) is 11.2. The van der Waals surface area contributed by atoms with Gasteiger partial charge in [-0.25, -0.2) is 8.42 Å². The van der Waals surface area contributed by atoms with Crippen LogP contribution in [0.25, 0.3) is 10.2 Å². The zero-order valence-corrected chi connectivity index (χ0v) is 21.7. The van der Waals surface area contributed by atoms with E-state index in [1.165, 1.54) is 0 Å². The average Bonchev–Trinajstić information content (AvgIpc) is 3.13. The summed E-state index contributed by atoms with van der Waals surface area (Å²) >= 11 is 1.11. The molecule has 0 spiro atoms. The van der Waals surface area contributed by atoms with Crippen LogP contribution < -0.4 is 14.5 Å². The molecule has 1 aromatic heterocycles. The van der Waals surface area contributed by atoms with E-state index in [1.54, 1.807) is 53.1 Å². The first kappa shape index (κ1) is 24.7. The zero-order valence-electron chi connectivity index (χ0n) is 20.0. The summed E-state index contributed by atoms with van der Waals surface area (Å²) in [5.74, 6) is -0.483. The molecular weight excluding hydrogens is 482 g/mol. The third-order valence-electron chi connectivity index (χ3n) is 5.80. The lowest BCUT2D eigenvalue weighted by molar-refractivity contribution is -0.114. The molecule has 7 nitrogen and oxygen atoms in total. The molecule has 35 heavy (non-hydrogen) atoms. The molecule has 1 amide bonds. The fourth-order valence-corrected chi connectivity index (χ4v) is 6.37. The van der Waals surface area contributed by atoms with Gasteiger partial charge in [0.05, 0.1) is 20.8 Å². The summed E-state index contributed by atoms with van der Waals surface area (Å²) in [5.41, 5.74) is 4.33. The summed E-state index contributed by atoms with van der Waals surface area (Å²) in [6, 6.07) is 17.3. The number of carbonyl (C=O) groups is 1. The molecule has 0 fully saturated rings. The van der Waals surface area contributed by atoms with Crippen LogP contribution in [0.15, 0.2) is 70.4 Å². The second-order valence-electron chi connectivity index (χ2n) is 8.46. The van der Waals surface area contributed by atoms with E-state index in [2.05, 4.69) is 5.32 Å². The number of nitrogens with one attached hydrogen (secondary N) is 1. The number of thiazole rings is 1. The van der Waals surface area contributed by atoms with Crippen LogP contribution in [0.3, 0.4) is 0 Å². The Bertz CT molecular complexity index is 1570. The van der Waals surface area contributed by atoms with Gasteiger partial charge < -0.3 is 5.32 Å². The lowest BCUT2D eigenvalue weighted by Gasteiger charge is -2.26. The minimum atomic E-state index is -4.01. The monoisotopic (exact) mass is 509 g/mol. The van der Waals surface area contributed by atoms with Crippen molar-refractivity contribution in [1.82, 2.24) is 4.57 Å². The molecule has 9 heteroatoms. The molecule has 0 saturated heterocycles. The fourth-order valence-electron chi connectivity index (χ4n) is 3.90. The Labute approximate surface area is 208 Å². The van der Waals surface area contributed by atoms with Gasteiger partial charge in [-0.3, -0.25) is 18.5 Å². The first-order valence-corrected chi connectivity index (χ1v) is 13.5. The van der Waals surface area contributed by atoms with E-state index in [1.807, 2.05) is 39.8 Å². The summed E-state index contributed by atoms with van der Waals surface area (Å²) < 4.78 is 30.9. The molecule has 1 N–H and O–H groups in total. The third kappa shape index (κ3) is 5.01. The van der Waals surface area contributed by atoms with E-state index in [0.717, 1.165) is 42.5 Å². The Morgan fingerprint density at radius 2 is 1.66 bits per heavy atom. The van der Waals surface area contributed by atoms with Gasteiger partial charge in [0.25, 0.3) is 10.0 Å². The summed E-state index contributed by atoms with van der Waals surface area (Å²) in [5, 5.41) is 2.80. The van der Waals surface area contributed by atoms with E-state index >= 15 is 0 Å². The van der Waals surface area contributed by atoms with Gasteiger partial charge in [-0.2, -0.15) is 0 Å². The summed E-state index contributed by atoms with van der Waals surface area (Å²) in [6.45, 7) is 7.65. The van der Waals surface area contributed by atoms with Crippen LogP contribution in [0.2, 0.25) is 0 Å². The highest BCUT2D eigenvalue weighted by Crippen LogP contribution is 2.28. The van der Waals surface area contributed by atoms with Gasteiger partial charge in [-0.05, 0) is 75.2 Å². The Morgan fingerprint density at radius 3 is 2.34 bits per heavy atom. The van der Waals surface area contributed by atoms with Crippen molar-refractivity contribution in [2.45, 2.75) is 39.1 Å². The third-order valence-corrected chi connectivity index (χ3v) is 8.51. The standard InChI is InChI=1S/C26H27N3O4S2/c1-5-28-22-13-10-20(15-24(22)34-26(28)31)27-25(30)16-29(23-14-18(3)6-9-19(23)4)35(32,33)21-11-7-17(2)8-12-21/h6-15H,5,16H2,1-4H3,(H,27,30). The Hall–Kier alpha value is -3.43. The minimum Gasteiger partial charge on any atom is -0.324 e. The highest BCUT2D eigenvalue weighted by molar-refractivity contribution is 7.92. The second kappa shape index (κ2) is 9.67. The first-order chi connectivity index (χ1) is 16.6. The Morgan fingerprint density at radius 1 is 0.971 bits per heavy atom. The van der Waals surface area contributed by atoms with Gasteiger partial charge in [0.15, 0.2) is 0 Å². The smallest absolute Gasteiger partial charge is 0.308 e. The van der Waals surface area contributed by atoms with Gasteiger partial charge >= 0.3 is 4.87 Å². The van der Waals surface area contributed by atoms with Crippen molar-refractivity contribution < 1.29 is 13.2 Å². The van der Waals surface area contributed by atoms with Crippen molar-refractivity contribution in [2.24, 2.45) is 0 Å². The fraction of sp³-hybridized carbons (Fsp3) is 0.231. The Kier molecular flexibility index (Phi) is 6.82. The molecule has 3 aromatic carbocycles. The highest BCUT2D eigenvalue weighted by Gasteiger charge is 2.28. The molecule has 0 unspecified atom stereocenters. The van der Waals surface area contributed by atoms with Crippen molar-refractivity contribution >= 4 is 48.9 Å². The lowest BCUT2D eigenvalue weighted by atomic mass is 10.1. The molecule has 0 bridgehead atoms. The van der Waals surface area contributed by atoms with E-state index in [0.29, 0.717) is 17.9 Å². The van der Waals surface area contributed by atoms with Crippen LogP contribution in [-0.4, -0.2) is 25.4 Å². The van der Waals surface area contributed by atoms with Crippen LogP contribution >= 0.6 is 11.3 Å². The average molecular weight is 510 g/mol. The van der Waals surface area contributed by atoms with Gasteiger partial charge in [0.1, 0.15) is 6.54 Å². The number of hydrogen-bond donors (Lipinski definition) is 1. The van der Waals surface area contributed by atoms with Crippen molar-refractivity contribution in [3.63, 3.8) is 0 Å². The van der Waals surface area contributed by atoms with Crippen LogP contribution in [-0.2, 0) is 21.4 Å². The van der Waals surface area contributed by atoms with Crippen LogP contribution in [0.5, 0.6) is 0 Å². The van der Waals surface area contributed by atoms with E-state index in [9.17, 15) is 18.0 Å². The normalized spacial score (nSPS) is 11.5. The maximum Gasteiger partial charge on any atom is 0.308 e. The molecular formula is C26H27N3O4S2. The van der Waals surface area contributed by atoms with Gasteiger partial charge in [0.2, 0.25) is 5.91 Å². The molecule has 0 aliphatic rings. The number of sulfonamides is 1. The zero-order chi connectivity index (χ0) is 25.3. The van der Waals surface area contributed by atoms with E-state index in [-0.39, 0.29) is 9.77 Å². The van der Waals surface area contributed by atoms with Crippen molar-refractivity contribution in [2.75, 3.05) is 16.2 Å². The largest absolute Gasteiger partial charge is 0.324 e. The number of anilines is 2. The molecule has 182 valence electrons. The number of benzene rings is 3. The predicted molar refractivity (Wildman–Crippen MR) is 142 cm³/mol. The molecule has 4 aromatic rings. The predicted octanol–water partition coefficient (Wildman–Crippen LogP) is 4.84. The number of rotatable bonds is 7. The number of aryl methyl sites for hydroxylation is 4. The molecule has 0 aliphatic carbocycles. The number of hydrogen-bond acceptors (Lipinski definition) is 5. The van der Waals surface area contributed by atoms with Crippen molar-refractivity contribution in [1.29, 1.82) is 0 Å². The van der Waals surface area contributed by atoms with Crippen molar-refractivity contribution in [3.05, 3.63) is 87.0 Å².